The molecule has 0 saturated carbocycles. The van der Waals surface area contributed by atoms with Crippen molar-refractivity contribution in [3.8, 4) is 0 Å². The van der Waals surface area contributed by atoms with Crippen molar-refractivity contribution in [2.24, 2.45) is 0 Å². The first kappa shape index (κ1) is 23.9. The van der Waals surface area contributed by atoms with Crippen LogP contribution in [0.4, 0.5) is 22.7 Å². The standard InChI is InChI=1S/C24H23N5O5S/c1-15-13-17(7-8-18(15)26-23(31)21-5-4-12-34-21)25-24(35)27-22(30)16-6-9-19(20(14-16)29(32)33)28-10-2-3-11-28/h4-9,12-14H,2-3,10-11H2,1H3,(H,26,31)(H2,25,27,30,35). The molecule has 0 radical (unpaired) electrons. The van der Waals surface area contributed by atoms with Crippen LogP contribution in [0.2, 0.25) is 0 Å². The van der Waals surface area contributed by atoms with Crippen molar-refractivity contribution < 1.29 is 18.9 Å². The second-order valence-electron chi connectivity index (χ2n) is 8.02. The lowest BCUT2D eigenvalue weighted by Crippen LogP contribution is -2.34. The van der Waals surface area contributed by atoms with E-state index < -0.39 is 10.8 Å². The van der Waals surface area contributed by atoms with Crippen molar-refractivity contribution in [1.82, 2.24) is 5.32 Å². The van der Waals surface area contributed by atoms with Crippen molar-refractivity contribution in [3.63, 3.8) is 0 Å². The fourth-order valence-electron chi connectivity index (χ4n) is 3.85. The van der Waals surface area contributed by atoms with Crippen LogP contribution in [-0.4, -0.2) is 34.9 Å². The maximum absolute atomic E-state index is 12.7. The summed E-state index contributed by atoms with van der Waals surface area (Å²) in [7, 11) is 0. The number of hydrogen-bond donors (Lipinski definition) is 3. The first-order valence-corrected chi connectivity index (χ1v) is 11.3. The molecular weight excluding hydrogens is 470 g/mol. The van der Waals surface area contributed by atoms with Gasteiger partial charge in [-0.05, 0) is 80.0 Å². The Hall–Kier alpha value is -4.25. The van der Waals surface area contributed by atoms with Crippen LogP contribution in [-0.2, 0) is 0 Å². The van der Waals surface area contributed by atoms with Gasteiger partial charge in [-0.2, -0.15) is 0 Å². The summed E-state index contributed by atoms with van der Waals surface area (Å²) in [4.78, 5) is 37.9. The number of aryl methyl sites for hydroxylation is 1. The van der Waals surface area contributed by atoms with Gasteiger partial charge in [0.2, 0.25) is 0 Å². The number of nitrogens with one attached hydrogen (secondary N) is 3. The van der Waals surface area contributed by atoms with Crippen molar-refractivity contribution >= 4 is 51.9 Å². The molecule has 2 amide bonds. The van der Waals surface area contributed by atoms with Gasteiger partial charge in [0.05, 0.1) is 11.2 Å². The van der Waals surface area contributed by atoms with Crippen LogP contribution in [0.3, 0.4) is 0 Å². The molecule has 2 aromatic carbocycles. The molecule has 0 aliphatic carbocycles. The number of carbonyl (C=O) groups is 2. The zero-order chi connectivity index (χ0) is 24.9. The first-order chi connectivity index (χ1) is 16.8. The Kier molecular flexibility index (Phi) is 7.06. The maximum Gasteiger partial charge on any atom is 0.293 e. The van der Waals surface area contributed by atoms with Crippen LogP contribution in [0.25, 0.3) is 0 Å². The van der Waals surface area contributed by atoms with E-state index >= 15 is 0 Å². The predicted octanol–water partition coefficient (Wildman–Crippen LogP) is 4.48. The SMILES string of the molecule is Cc1cc(NC(=S)NC(=O)c2ccc(N3CCCC3)c([N+](=O)[O-])c2)ccc1NC(=O)c1ccco1. The van der Waals surface area contributed by atoms with E-state index in [4.69, 9.17) is 16.6 Å². The Morgan fingerprint density at radius 1 is 1.06 bits per heavy atom. The maximum atomic E-state index is 12.7. The lowest BCUT2D eigenvalue weighted by atomic mass is 10.1. The Morgan fingerprint density at radius 3 is 2.49 bits per heavy atom. The van der Waals surface area contributed by atoms with Crippen LogP contribution < -0.4 is 20.9 Å². The van der Waals surface area contributed by atoms with Crippen molar-refractivity contribution in [2.45, 2.75) is 19.8 Å². The van der Waals surface area contributed by atoms with E-state index in [1.165, 1.54) is 12.3 Å². The fourth-order valence-corrected chi connectivity index (χ4v) is 4.06. The average Bonchev–Trinajstić information content (AvgIpc) is 3.55. The second kappa shape index (κ2) is 10.3. The number of thiocarbonyl (C=S) groups is 1. The smallest absolute Gasteiger partial charge is 0.293 e. The quantitative estimate of drug-likeness (QED) is 0.260. The minimum Gasteiger partial charge on any atom is -0.459 e. The van der Waals surface area contributed by atoms with Gasteiger partial charge in [0.25, 0.3) is 17.5 Å². The van der Waals surface area contributed by atoms with E-state index in [1.807, 2.05) is 11.8 Å². The van der Waals surface area contributed by atoms with Gasteiger partial charge in [0.1, 0.15) is 5.69 Å². The highest BCUT2D eigenvalue weighted by Crippen LogP contribution is 2.31. The third-order valence-corrected chi connectivity index (χ3v) is 5.79. The number of carbonyl (C=O) groups excluding carboxylic acids is 2. The average molecular weight is 494 g/mol. The summed E-state index contributed by atoms with van der Waals surface area (Å²) in [6.07, 6.45) is 3.39. The molecule has 4 rings (SSSR count). The lowest BCUT2D eigenvalue weighted by Gasteiger charge is -2.18. The monoisotopic (exact) mass is 493 g/mol. The molecule has 0 bridgehead atoms. The Labute approximate surface area is 206 Å². The number of amides is 2. The topological polar surface area (TPSA) is 130 Å². The van der Waals surface area contributed by atoms with Gasteiger partial charge in [-0.1, -0.05) is 0 Å². The molecule has 180 valence electrons. The Balaban J connectivity index is 1.39. The van der Waals surface area contributed by atoms with E-state index in [9.17, 15) is 19.7 Å². The van der Waals surface area contributed by atoms with Gasteiger partial charge in [-0.25, -0.2) is 0 Å². The lowest BCUT2D eigenvalue weighted by molar-refractivity contribution is -0.384. The van der Waals surface area contributed by atoms with Crippen molar-refractivity contribution in [1.29, 1.82) is 0 Å². The minimum absolute atomic E-state index is 0.0352. The molecular formula is C24H23N5O5S. The summed E-state index contributed by atoms with van der Waals surface area (Å²) in [5.74, 6) is -0.728. The fraction of sp³-hybridized carbons (Fsp3) is 0.208. The molecule has 2 heterocycles. The number of nitrogens with zero attached hydrogens (tertiary/aromatic N) is 2. The largest absolute Gasteiger partial charge is 0.459 e. The zero-order valence-corrected chi connectivity index (χ0v) is 19.7. The number of anilines is 3. The molecule has 0 atom stereocenters. The van der Waals surface area contributed by atoms with Gasteiger partial charge < -0.3 is 20.0 Å². The highest BCUT2D eigenvalue weighted by Gasteiger charge is 2.24. The number of nitro groups is 1. The number of furan rings is 1. The third-order valence-electron chi connectivity index (χ3n) is 5.59. The summed E-state index contributed by atoms with van der Waals surface area (Å²) in [5, 5.41) is 19.8. The number of benzene rings is 2. The molecule has 35 heavy (non-hydrogen) atoms. The normalized spacial score (nSPS) is 12.8. The molecule has 1 aliphatic rings. The summed E-state index contributed by atoms with van der Waals surface area (Å²) >= 11 is 5.24. The molecule has 3 aromatic rings. The summed E-state index contributed by atoms with van der Waals surface area (Å²) in [6.45, 7) is 3.32. The molecule has 1 aromatic heterocycles. The molecule has 1 fully saturated rings. The predicted molar refractivity (Wildman–Crippen MR) is 136 cm³/mol. The first-order valence-electron chi connectivity index (χ1n) is 10.9. The van der Waals surface area contributed by atoms with E-state index in [0.29, 0.717) is 17.1 Å². The van der Waals surface area contributed by atoms with Crippen LogP contribution in [0.15, 0.2) is 59.2 Å². The zero-order valence-electron chi connectivity index (χ0n) is 18.9. The molecule has 1 saturated heterocycles. The van der Waals surface area contributed by atoms with Crippen LogP contribution in [0.1, 0.15) is 39.3 Å². The van der Waals surface area contributed by atoms with E-state index in [1.54, 1.807) is 42.5 Å². The highest BCUT2D eigenvalue weighted by atomic mass is 32.1. The number of hydrogen-bond acceptors (Lipinski definition) is 7. The second-order valence-corrected chi connectivity index (χ2v) is 8.43. The van der Waals surface area contributed by atoms with Crippen molar-refractivity contribution in [2.75, 3.05) is 28.6 Å². The third kappa shape index (κ3) is 5.64. The van der Waals surface area contributed by atoms with Gasteiger partial charge in [-0.15, -0.1) is 0 Å². The van der Waals surface area contributed by atoms with Gasteiger partial charge in [0, 0.05) is 36.1 Å². The molecule has 0 unspecified atom stereocenters. The number of rotatable bonds is 6. The molecule has 11 heteroatoms. The Morgan fingerprint density at radius 2 is 1.83 bits per heavy atom. The van der Waals surface area contributed by atoms with Crippen LogP contribution >= 0.6 is 12.2 Å². The van der Waals surface area contributed by atoms with Crippen molar-refractivity contribution in [3.05, 3.63) is 81.8 Å². The molecule has 10 nitrogen and oxygen atoms in total. The van der Waals surface area contributed by atoms with Gasteiger partial charge in [0.15, 0.2) is 10.9 Å². The van der Waals surface area contributed by atoms with Crippen LogP contribution in [0, 0.1) is 17.0 Å². The molecule has 0 spiro atoms. The summed E-state index contributed by atoms with van der Waals surface area (Å²) in [5.41, 5.74) is 2.49. The molecule has 1 aliphatic heterocycles. The van der Waals surface area contributed by atoms with E-state index in [0.717, 1.165) is 31.5 Å². The highest BCUT2D eigenvalue weighted by molar-refractivity contribution is 7.80. The summed E-state index contributed by atoms with van der Waals surface area (Å²) in [6, 6.07) is 12.8. The molecule has 3 N–H and O–H groups in total. The van der Waals surface area contributed by atoms with Gasteiger partial charge >= 0.3 is 0 Å². The minimum atomic E-state index is -0.558. The Bertz CT molecular complexity index is 1290. The van der Waals surface area contributed by atoms with Gasteiger partial charge in [-0.3, -0.25) is 25.0 Å². The number of nitro benzene ring substituents is 1. The van der Waals surface area contributed by atoms with Crippen LogP contribution in [0.5, 0.6) is 0 Å². The van der Waals surface area contributed by atoms with E-state index in [2.05, 4.69) is 16.0 Å². The summed E-state index contributed by atoms with van der Waals surface area (Å²) < 4.78 is 5.09. The van der Waals surface area contributed by atoms with E-state index in [-0.39, 0.29) is 28.0 Å².